The summed E-state index contributed by atoms with van der Waals surface area (Å²) in [6, 6.07) is 19.5. The molecule has 7 heteroatoms. The highest BCUT2D eigenvalue weighted by atomic mass is 32.2. The Morgan fingerprint density at radius 1 is 1.00 bits per heavy atom. The molecule has 0 saturated carbocycles. The van der Waals surface area contributed by atoms with Crippen molar-refractivity contribution in [1.29, 1.82) is 0 Å². The summed E-state index contributed by atoms with van der Waals surface area (Å²) in [4.78, 5) is 13.4. The molecule has 6 nitrogen and oxygen atoms in total. The molecule has 4 rings (SSSR count). The zero-order valence-corrected chi connectivity index (χ0v) is 20.9. The Hall–Kier alpha value is -3.32. The van der Waals surface area contributed by atoms with Gasteiger partial charge in [-0.1, -0.05) is 62.7 Å². The van der Waals surface area contributed by atoms with Crippen molar-refractivity contribution >= 4 is 27.3 Å². The van der Waals surface area contributed by atoms with Crippen LogP contribution in [0.2, 0.25) is 0 Å². The lowest BCUT2D eigenvalue weighted by atomic mass is 9.86. The lowest BCUT2D eigenvalue weighted by Gasteiger charge is -2.36. The summed E-state index contributed by atoms with van der Waals surface area (Å²) < 4.78 is 34.7. The lowest BCUT2D eigenvalue weighted by molar-refractivity contribution is -0.122. The predicted molar refractivity (Wildman–Crippen MR) is 135 cm³/mol. The number of rotatable bonds is 4. The number of sulfonamides is 1. The second-order valence-corrected chi connectivity index (χ2v) is 11.6. The van der Waals surface area contributed by atoms with Crippen LogP contribution in [0.15, 0.2) is 71.6 Å². The van der Waals surface area contributed by atoms with Crippen LogP contribution < -0.4 is 14.4 Å². The summed E-state index contributed by atoms with van der Waals surface area (Å²) >= 11 is 0. The molecule has 1 amide bonds. The highest BCUT2D eigenvalue weighted by Gasteiger charge is 2.38. The number of hydrogen-bond acceptors (Lipinski definition) is 4. The highest BCUT2D eigenvalue weighted by molar-refractivity contribution is 7.92. The van der Waals surface area contributed by atoms with Crippen molar-refractivity contribution in [3.63, 3.8) is 0 Å². The molecule has 3 aromatic rings. The van der Waals surface area contributed by atoms with Crippen LogP contribution in [0.4, 0.5) is 11.4 Å². The van der Waals surface area contributed by atoms with Crippen LogP contribution in [0.5, 0.6) is 5.75 Å². The van der Waals surface area contributed by atoms with E-state index in [2.05, 4.69) is 26.1 Å². The number of nitrogens with one attached hydrogen (secondary N) is 1. The molecule has 0 radical (unpaired) electrons. The van der Waals surface area contributed by atoms with Crippen molar-refractivity contribution in [1.82, 2.24) is 0 Å². The minimum Gasteiger partial charge on any atom is -0.476 e. The van der Waals surface area contributed by atoms with Crippen molar-refractivity contribution in [2.45, 2.75) is 51.0 Å². The smallest absolute Gasteiger partial charge is 0.267 e. The predicted octanol–water partition coefficient (Wildman–Crippen LogP) is 5.20. The van der Waals surface area contributed by atoms with Gasteiger partial charge in [0.05, 0.1) is 17.1 Å². The van der Waals surface area contributed by atoms with Gasteiger partial charge in [0.15, 0.2) is 6.10 Å². The molecule has 1 aliphatic rings. The molecule has 0 unspecified atom stereocenters. The highest BCUT2D eigenvalue weighted by Crippen LogP contribution is 2.40. The van der Waals surface area contributed by atoms with Crippen LogP contribution in [0.3, 0.4) is 0 Å². The van der Waals surface area contributed by atoms with E-state index in [4.69, 9.17) is 4.74 Å². The first kappa shape index (κ1) is 23.8. The van der Waals surface area contributed by atoms with E-state index in [-0.39, 0.29) is 16.9 Å². The molecule has 0 bridgehead atoms. The molecule has 1 aliphatic heterocycles. The maximum atomic E-state index is 13.7. The molecule has 3 aromatic carbocycles. The summed E-state index contributed by atoms with van der Waals surface area (Å²) in [6.45, 7) is 9.96. The average molecular weight is 479 g/mol. The molecule has 1 N–H and O–H groups in total. The Balaban J connectivity index is 1.74. The third kappa shape index (κ3) is 4.66. The number of carbonyl (C=O) groups is 1. The van der Waals surface area contributed by atoms with Gasteiger partial charge in [-0.05, 0) is 60.7 Å². The second kappa shape index (κ2) is 8.80. The standard InChI is InChI=1S/C27H30N2O4S/c1-18-11-13-22(19(2)15-18)28-26(30)25-17-29(34(31,32)21-9-7-6-8-10-21)23-16-20(27(3,4)5)12-14-24(23)33-25/h6-16,25H,17H2,1-5H3,(H,28,30)/t25-/m1/s1. The van der Waals surface area contributed by atoms with Crippen molar-refractivity contribution < 1.29 is 17.9 Å². The Morgan fingerprint density at radius 3 is 2.35 bits per heavy atom. The number of ether oxygens (including phenoxy) is 1. The third-order valence-corrected chi connectivity index (χ3v) is 7.75. The van der Waals surface area contributed by atoms with E-state index < -0.39 is 22.0 Å². The number of aryl methyl sites for hydroxylation is 2. The largest absolute Gasteiger partial charge is 0.476 e. The van der Waals surface area contributed by atoms with Crippen LogP contribution in [0.25, 0.3) is 0 Å². The molecule has 1 heterocycles. The number of nitrogens with zero attached hydrogens (tertiary/aromatic N) is 1. The summed E-state index contributed by atoms with van der Waals surface area (Å²) in [6.07, 6.45) is -1.01. The molecular formula is C27H30N2O4S. The van der Waals surface area contributed by atoms with Gasteiger partial charge in [-0.3, -0.25) is 9.10 Å². The first-order chi connectivity index (χ1) is 16.0. The second-order valence-electron chi connectivity index (χ2n) is 9.70. The van der Waals surface area contributed by atoms with E-state index in [1.54, 1.807) is 36.4 Å². The van der Waals surface area contributed by atoms with E-state index in [1.807, 2.05) is 44.2 Å². The van der Waals surface area contributed by atoms with Gasteiger partial charge in [-0.2, -0.15) is 0 Å². The summed E-state index contributed by atoms with van der Waals surface area (Å²) in [5.41, 5.74) is 3.91. The van der Waals surface area contributed by atoms with Crippen LogP contribution in [-0.2, 0) is 20.2 Å². The Morgan fingerprint density at radius 2 is 1.71 bits per heavy atom. The van der Waals surface area contributed by atoms with Crippen LogP contribution >= 0.6 is 0 Å². The van der Waals surface area contributed by atoms with E-state index >= 15 is 0 Å². The van der Waals surface area contributed by atoms with Gasteiger partial charge in [0, 0.05) is 5.69 Å². The van der Waals surface area contributed by atoms with Crippen molar-refractivity contribution in [2.75, 3.05) is 16.2 Å². The SMILES string of the molecule is Cc1ccc(NC(=O)[C@H]2CN(S(=O)(=O)c3ccccc3)c3cc(C(C)(C)C)ccc3O2)c(C)c1. The molecular weight excluding hydrogens is 448 g/mol. The zero-order chi connectivity index (χ0) is 24.7. The van der Waals surface area contributed by atoms with Crippen LogP contribution in [0.1, 0.15) is 37.5 Å². The molecule has 0 saturated heterocycles. The van der Waals surface area contributed by atoms with Crippen molar-refractivity contribution in [3.05, 3.63) is 83.4 Å². The number of amides is 1. The van der Waals surface area contributed by atoms with Crippen molar-refractivity contribution in [3.8, 4) is 5.75 Å². The topological polar surface area (TPSA) is 75.7 Å². The van der Waals surface area contributed by atoms with E-state index in [1.165, 1.54) is 4.31 Å². The molecule has 1 atom stereocenters. The number of anilines is 2. The van der Waals surface area contributed by atoms with Gasteiger partial charge in [0.2, 0.25) is 0 Å². The van der Waals surface area contributed by atoms with Crippen molar-refractivity contribution in [2.24, 2.45) is 0 Å². The number of carbonyl (C=O) groups excluding carboxylic acids is 1. The first-order valence-corrected chi connectivity index (χ1v) is 12.7. The van der Waals surface area contributed by atoms with E-state index in [9.17, 15) is 13.2 Å². The lowest BCUT2D eigenvalue weighted by Crippen LogP contribution is -2.49. The minimum atomic E-state index is -3.92. The number of hydrogen-bond donors (Lipinski definition) is 1. The monoisotopic (exact) mass is 478 g/mol. The van der Waals surface area contributed by atoms with Gasteiger partial charge in [0.1, 0.15) is 5.75 Å². The summed E-state index contributed by atoms with van der Waals surface area (Å²) in [5.74, 6) is -0.0368. The third-order valence-electron chi connectivity index (χ3n) is 5.96. The fourth-order valence-electron chi connectivity index (χ4n) is 3.97. The van der Waals surface area contributed by atoms with Gasteiger partial charge in [-0.15, -0.1) is 0 Å². The van der Waals surface area contributed by atoms with Gasteiger partial charge in [-0.25, -0.2) is 8.42 Å². The number of fused-ring (bicyclic) bond motifs is 1. The van der Waals surface area contributed by atoms with Gasteiger partial charge < -0.3 is 10.1 Å². The van der Waals surface area contributed by atoms with Crippen LogP contribution in [0, 0.1) is 13.8 Å². The van der Waals surface area contributed by atoms with Crippen LogP contribution in [-0.4, -0.2) is 27.0 Å². The Bertz CT molecular complexity index is 1330. The van der Waals surface area contributed by atoms with Gasteiger partial charge in [0.25, 0.3) is 15.9 Å². The number of benzene rings is 3. The minimum absolute atomic E-state index is 0.130. The molecule has 34 heavy (non-hydrogen) atoms. The summed E-state index contributed by atoms with van der Waals surface area (Å²) in [5, 5.41) is 2.90. The molecule has 0 aliphatic carbocycles. The zero-order valence-electron chi connectivity index (χ0n) is 20.1. The quantitative estimate of drug-likeness (QED) is 0.560. The average Bonchev–Trinajstić information content (AvgIpc) is 2.79. The first-order valence-electron chi connectivity index (χ1n) is 11.2. The fraction of sp³-hybridized carbons (Fsp3) is 0.296. The summed E-state index contributed by atoms with van der Waals surface area (Å²) in [7, 11) is -3.92. The van der Waals surface area contributed by atoms with E-state index in [0.717, 1.165) is 16.7 Å². The fourth-order valence-corrected chi connectivity index (χ4v) is 5.46. The Kier molecular flexibility index (Phi) is 6.16. The van der Waals surface area contributed by atoms with Gasteiger partial charge >= 0.3 is 0 Å². The van der Waals surface area contributed by atoms with E-state index in [0.29, 0.717) is 17.1 Å². The molecule has 178 valence electrons. The molecule has 0 fully saturated rings. The molecule has 0 spiro atoms. The molecule has 0 aromatic heterocycles. The maximum absolute atomic E-state index is 13.7. The Labute approximate surface area is 201 Å². The normalized spacial score (nSPS) is 15.9. The maximum Gasteiger partial charge on any atom is 0.267 e.